The Kier molecular flexibility index (Phi) is 11.6. The molecular weight excluding hydrogens is 470 g/mol. The fraction of sp³-hybridized carbons (Fsp3) is 0.900. The number of carbonyl (C=O) groups is 2. The Morgan fingerprint density at radius 2 is 1.36 bits per heavy atom. The van der Waals surface area contributed by atoms with Crippen molar-refractivity contribution in [3.05, 3.63) is 0 Å². The maximum absolute atomic E-state index is 13.0. The van der Waals surface area contributed by atoms with Gasteiger partial charge in [0.05, 0.1) is 13.1 Å². The van der Waals surface area contributed by atoms with Crippen LogP contribution in [0.3, 0.4) is 0 Å². The van der Waals surface area contributed by atoms with Crippen molar-refractivity contribution >= 4 is 24.4 Å². The normalized spacial score (nSPS) is 22.9. The number of rotatable bonds is 5. The van der Waals surface area contributed by atoms with Gasteiger partial charge in [-0.2, -0.15) is 0 Å². The van der Waals surface area contributed by atoms with Crippen LogP contribution in [-0.2, 0) is 4.79 Å². The Morgan fingerprint density at radius 3 is 1.82 bits per heavy atom. The minimum absolute atomic E-state index is 0. The molecule has 1 atom stereocenters. The number of alkyl halides is 4. The highest BCUT2D eigenvalue weighted by Crippen LogP contribution is 2.21. The molecule has 0 bridgehead atoms. The molecule has 2 amide bonds. The van der Waals surface area contributed by atoms with E-state index in [-0.39, 0.29) is 31.4 Å². The SMILES string of the molecule is CC(F)(F)CN1CCN(C(=O)[C@@H]2CCCN2C(=O)O)CC1.CC(F)(F)CN1CCNCC1.Cl. The first-order chi connectivity index (χ1) is 14.9. The van der Waals surface area contributed by atoms with Crippen LogP contribution in [0.4, 0.5) is 22.4 Å². The molecule has 2 N–H and O–H groups in total. The highest BCUT2D eigenvalue weighted by Gasteiger charge is 2.38. The van der Waals surface area contributed by atoms with E-state index in [1.54, 1.807) is 14.7 Å². The van der Waals surface area contributed by atoms with Crippen molar-refractivity contribution in [2.45, 2.75) is 44.6 Å². The largest absolute Gasteiger partial charge is 0.465 e. The molecule has 0 unspecified atom stereocenters. The Labute approximate surface area is 198 Å². The quantitative estimate of drug-likeness (QED) is 0.556. The fourth-order valence-corrected chi connectivity index (χ4v) is 4.24. The average molecular weight is 506 g/mol. The van der Waals surface area contributed by atoms with Crippen LogP contribution in [0.25, 0.3) is 0 Å². The summed E-state index contributed by atoms with van der Waals surface area (Å²) in [7, 11) is 0. The topological polar surface area (TPSA) is 79.4 Å². The molecule has 8 nitrogen and oxygen atoms in total. The third-order valence-electron chi connectivity index (χ3n) is 5.68. The predicted octanol–water partition coefficient (Wildman–Crippen LogP) is 1.90. The van der Waals surface area contributed by atoms with Gasteiger partial charge in [0.1, 0.15) is 6.04 Å². The molecule has 33 heavy (non-hydrogen) atoms. The molecule has 0 radical (unpaired) electrons. The summed E-state index contributed by atoms with van der Waals surface area (Å²) in [5.41, 5.74) is 0. The van der Waals surface area contributed by atoms with Gasteiger partial charge in [0, 0.05) is 72.8 Å². The van der Waals surface area contributed by atoms with E-state index in [1.165, 1.54) is 4.90 Å². The standard InChI is InChI=1S/C13H21F2N3O3.C7H14F2N2.ClH/c1-13(14,15)9-16-5-7-17(8-6-16)11(19)10-3-2-4-18(10)12(20)21;1-7(8,9)6-11-4-2-10-3-5-11;/h10H,2-9H2,1H3,(H,20,21);10H,2-6H2,1H3;1H/t10-;;/m0../s1. The lowest BCUT2D eigenvalue weighted by Gasteiger charge is -2.37. The zero-order valence-corrected chi connectivity index (χ0v) is 20.1. The second-order valence-electron chi connectivity index (χ2n) is 8.90. The van der Waals surface area contributed by atoms with Crippen LogP contribution in [0.1, 0.15) is 26.7 Å². The van der Waals surface area contributed by atoms with Gasteiger partial charge in [-0.05, 0) is 12.8 Å². The molecule has 0 spiro atoms. The van der Waals surface area contributed by atoms with Gasteiger partial charge < -0.3 is 15.3 Å². The average Bonchev–Trinajstić information content (AvgIpc) is 3.17. The van der Waals surface area contributed by atoms with E-state index in [4.69, 9.17) is 5.11 Å². The minimum Gasteiger partial charge on any atom is -0.465 e. The molecular formula is C20H36ClF4N5O3. The molecule has 0 aromatic carbocycles. The van der Waals surface area contributed by atoms with Gasteiger partial charge in [0.2, 0.25) is 5.91 Å². The number of carbonyl (C=O) groups excluding carboxylic acids is 1. The number of amides is 2. The summed E-state index contributed by atoms with van der Waals surface area (Å²) < 4.78 is 50.8. The van der Waals surface area contributed by atoms with E-state index >= 15 is 0 Å². The third kappa shape index (κ3) is 10.6. The van der Waals surface area contributed by atoms with Crippen LogP contribution in [0, 0.1) is 0 Å². The van der Waals surface area contributed by atoms with Gasteiger partial charge in [-0.15, -0.1) is 12.4 Å². The first kappa shape index (κ1) is 29.7. The number of piperazine rings is 2. The number of nitrogens with one attached hydrogen (secondary N) is 1. The zero-order chi connectivity index (χ0) is 23.9. The highest BCUT2D eigenvalue weighted by atomic mass is 35.5. The van der Waals surface area contributed by atoms with E-state index in [0.29, 0.717) is 45.6 Å². The summed E-state index contributed by atoms with van der Waals surface area (Å²) in [6, 6.07) is -0.610. The highest BCUT2D eigenvalue weighted by molar-refractivity contribution is 5.86. The van der Waals surface area contributed by atoms with Crippen molar-refractivity contribution in [3.63, 3.8) is 0 Å². The van der Waals surface area contributed by atoms with E-state index in [0.717, 1.165) is 40.0 Å². The molecule has 0 saturated carbocycles. The smallest absolute Gasteiger partial charge is 0.407 e. The van der Waals surface area contributed by atoms with Gasteiger partial charge in [0.25, 0.3) is 11.8 Å². The number of halogens is 5. The Hall–Kier alpha value is -1.37. The summed E-state index contributed by atoms with van der Waals surface area (Å²) in [6.07, 6.45) is 0.151. The molecule has 3 saturated heterocycles. The van der Waals surface area contributed by atoms with Crippen LogP contribution in [-0.4, -0.2) is 127 Å². The molecule has 3 aliphatic heterocycles. The van der Waals surface area contributed by atoms with Crippen LogP contribution in [0.5, 0.6) is 0 Å². The van der Waals surface area contributed by atoms with Crippen molar-refractivity contribution < 1.29 is 32.3 Å². The monoisotopic (exact) mass is 505 g/mol. The maximum Gasteiger partial charge on any atom is 0.407 e. The lowest BCUT2D eigenvalue weighted by molar-refractivity contribution is -0.137. The fourth-order valence-electron chi connectivity index (χ4n) is 4.24. The zero-order valence-electron chi connectivity index (χ0n) is 19.2. The van der Waals surface area contributed by atoms with Crippen LogP contribution >= 0.6 is 12.4 Å². The van der Waals surface area contributed by atoms with Crippen molar-refractivity contribution in [2.75, 3.05) is 72.0 Å². The van der Waals surface area contributed by atoms with E-state index in [9.17, 15) is 27.2 Å². The number of carboxylic acid groups (broad SMARTS) is 1. The van der Waals surface area contributed by atoms with Crippen molar-refractivity contribution in [1.29, 1.82) is 0 Å². The maximum atomic E-state index is 13.0. The second-order valence-corrected chi connectivity index (χ2v) is 8.90. The third-order valence-corrected chi connectivity index (χ3v) is 5.68. The van der Waals surface area contributed by atoms with Gasteiger partial charge >= 0.3 is 6.09 Å². The first-order valence-electron chi connectivity index (χ1n) is 11.1. The Balaban J connectivity index is 0.000000385. The number of nitrogens with zero attached hydrogens (tertiary/aromatic N) is 4. The molecule has 13 heteroatoms. The number of hydrogen-bond donors (Lipinski definition) is 2. The number of hydrogen-bond acceptors (Lipinski definition) is 5. The van der Waals surface area contributed by atoms with Crippen LogP contribution in [0.15, 0.2) is 0 Å². The van der Waals surface area contributed by atoms with Crippen molar-refractivity contribution in [2.24, 2.45) is 0 Å². The summed E-state index contributed by atoms with van der Waals surface area (Å²) >= 11 is 0. The Bertz CT molecular complexity index is 622. The molecule has 0 aromatic rings. The van der Waals surface area contributed by atoms with E-state index in [2.05, 4.69) is 5.32 Å². The second kappa shape index (κ2) is 12.9. The van der Waals surface area contributed by atoms with Crippen LogP contribution in [0.2, 0.25) is 0 Å². The Morgan fingerprint density at radius 1 is 0.879 bits per heavy atom. The molecule has 194 valence electrons. The molecule has 3 aliphatic rings. The predicted molar refractivity (Wildman–Crippen MR) is 119 cm³/mol. The molecule has 0 aromatic heterocycles. The van der Waals surface area contributed by atoms with Crippen molar-refractivity contribution in [3.8, 4) is 0 Å². The van der Waals surface area contributed by atoms with Crippen molar-refractivity contribution in [1.82, 2.24) is 24.9 Å². The number of likely N-dealkylation sites (tertiary alicyclic amines) is 1. The minimum atomic E-state index is -2.74. The summed E-state index contributed by atoms with van der Waals surface area (Å²) in [6.45, 7) is 6.51. The summed E-state index contributed by atoms with van der Waals surface area (Å²) in [5.74, 6) is -5.48. The molecule has 3 fully saturated rings. The van der Waals surface area contributed by atoms with Gasteiger partial charge in [-0.25, -0.2) is 22.4 Å². The van der Waals surface area contributed by atoms with E-state index in [1.807, 2.05) is 0 Å². The summed E-state index contributed by atoms with van der Waals surface area (Å²) in [5, 5.41) is 12.2. The molecule has 3 rings (SSSR count). The van der Waals surface area contributed by atoms with Gasteiger partial charge in [-0.3, -0.25) is 19.5 Å². The van der Waals surface area contributed by atoms with E-state index < -0.39 is 24.0 Å². The van der Waals surface area contributed by atoms with Gasteiger partial charge in [-0.1, -0.05) is 0 Å². The molecule has 0 aliphatic carbocycles. The van der Waals surface area contributed by atoms with Gasteiger partial charge in [0.15, 0.2) is 0 Å². The first-order valence-corrected chi connectivity index (χ1v) is 11.1. The van der Waals surface area contributed by atoms with Crippen LogP contribution < -0.4 is 5.32 Å². The lowest BCUT2D eigenvalue weighted by Crippen LogP contribution is -2.55. The molecule has 3 heterocycles. The summed E-state index contributed by atoms with van der Waals surface area (Å²) in [4.78, 5) is 29.6. The lowest BCUT2D eigenvalue weighted by atomic mass is 10.1.